The number of hydrazone groups is 1. The average Bonchev–Trinajstić information content (AvgIpc) is 3.55. The molecule has 0 radical (unpaired) electrons. The Kier molecular flexibility index (Phi) is 10.4. The zero-order chi connectivity index (χ0) is 37.7. The van der Waals surface area contributed by atoms with Crippen LogP contribution >= 0.6 is 21.6 Å². The zero-order valence-electron chi connectivity index (χ0n) is 29.7. The molecule has 0 unspecified atom stereocenters. The van der Waals surface area contributed by atoms with Gasteiger partial charge in [-0.3, -0.25) is 19.3 Å². The molecular formula is C38H41N5O9S2. The number of hydrogen-bond donors (Lipinski definition) is 4. The summed E-state index contributed by atoms with van der Waals surface area (Å²) in [4.78, 5) is 47.1. The van der Waals surface area contributed by atoms with Crippen LogP contribution in [0.2, 0.25) is 0 Å². The summed E-state index contributed by atoms with van der Waals surface area (Å²) < 4.78 is 25.0. The lowest BCUT2D eigenvalue weighted by molar-refractivity contribution is -0.242. The highest BCUT2D eigenvalue weighted by molar-refractivity contribution is 8.76. The van der Waals surface area contributed by atoms with Gasteiger partial charge < -0.3 is 34.9 Å². The largest absolute Gasteiger partial charge is 0.507 e. The van der Waals surface area contributed by atoms with E-state index in [2.05, 4.69) is 20.4 Å². The number of nitrogens with zero attached hydrogens (tertiary/aromatic N) is 3. The minimum atomic E-state index is -0.884. The van der Waals surface area contributed by atoms with Crippen molar-refractivity contribution in [3.8, 4) is 11.5 Å². The first-order chi connectivity index (χ1) is 26.1. The van der Waals surface area contributed by atoms with Crippen LogP contribution < -0.4 is 11.2 Å². The average molecular weight is 776 g/mol. The number of nitrogen functional groups attached to an aromatic ring is 1. The number of morpholine rings is 1. The van der Waals surface area contributed by atoms with Crippen LogP contribution in [0.4, 0.5) is 5.69 Å². The number of phenolic OH excluding ortho intramolecular Hbond substituents is 2. The molecule has 8 rings (SSSR count). The van der Waals surface area contributed by atoms with Crippen LogP contribution in [-0.2, 0) is 30.2 Å². The number of rotatable bonds is 9. The summed E-state index contributed by atoms with van der Waals surface area (Å²) >= 11 is 0. The molecule has 2 aliphatic carbocycles. The number of carbonyl (C=O) groups excluding carboxylic acids is 3. The first-order valence-electron chi connectivity index (χ1n) is 18.0. The quantitative estimate of drug-likeness (QED) is 0.0468. The molecule has 3 aliphatic heterocycles. The Balaban J connectivity index is 1.07. The Morgan fingerprint density at radius 2 is 1.93 bits per heavy atom. The standard InChI is InChI=1S/C38H41N5O9S2/c1-18(41-42-26(44)9-13-53-54-27-8-3-4-10-40-27)20-14-22-31(37(48)33-32(35(22)46)34(45)21-6-5-7-23(39)30(21)36(33)47)25(15-20)51-29-16-24-38(19(2)50-29)52-28-17-49-12-11-43(24)28/h3-8,10,19-20,24-25,28-29,38,46,48H,9,11-17,39H2,1-2H3,(H,42,44)/b41-18+/t19-,20+,24-,25-,28+,29-,38+/m0/s1. The van der Waals surface area contributed by atoms with E-state index in [9.17, 15) is 24.6 Å². The number of hydrogen-bond acceptors (Lipinski definition) is 15. The molecule has 54 heavy (non-hydrogen) atoms. The normalized spacial score (nSPS) is 27.7. The maximum atomic E-state index is 14.0. The number of nitrogens with two attached hydrogens (primary N) is 1. The van der Waals surface area contributed by atoms with E-state index in [4.69, 9.17) is 24.7 Å². The number of phenols is 2. The summed E-state index contributed by atoms with van der Waals surface area (Å²) in [7, 11) is 3.01. The maximum absolute atomic E-state index is 14.0. The van der Waals surface area contributed by atoms with Crippen LogP contribution in [0.5, 0.6) is 11.5 Å². The number of carbonyl (C=O) groups is 3. The highest BCUT2D eigenvalue weighted by Crippen LogP contribution is 2.52. The predicted octanol–water partition coefficient (Wildman–Crippen LogP) is 4.35. The van der Waals surface area contributed by atoms with Crippen LogP contribution in [0.3, 0.4) is 0 Å². The van der Waals surface area contributed by atoms with Crippen LogP contribution in [0.1, 0.15) is 82.2 Å². The number of aromatic hydroxyl groups is 2. The van der Waals surface area contributed by atoms with Gasteiger partial charge in [0.25, 0.3) is 0 Å². The Morgan fingerprint density at radius 3 is 2.74 bits per heavy atom. The van der Waals surface area contributed by atoms with E-state index in [0.29, 0.717) is 37.6 Å². The highest BCUT2D eigenvalue weighted by atomic mass is 33.1. The van der Waals surface area contributed by atoms with Crippen molar-refractivity contribution in [3.05, 3.63) is 76.0 Å². The van der Waals surface area contributed by atoms with E-state index in [-0.39, 0.29) is 94.6 Å². The van der Waals surface area contributed by atoms with Crippen molar-refractivity contribution in [2.24, 2.45) is 11.0 Å². The van der Waals surface area contributed by atoms with Crippen molar-refractivity contribution >= 4 is 50.5 Å². The second-order valence-electron chi connectivity index (χ2n) is 14.1. The minimum Gasteiger partial charge on any atom is -0.507 e. The van der Waals surface area contributed by atoms with Gasteiger partial charge in [-0.2, -0.15) is 5.10 Å². The van der Waals surface area contributed by atoms with Crippen LogP contribution in [0.25, 0.3) is 0 Å². The SMILES string of the molecule is C/C(=N\NC(=O)CCSSc1ccccn1)[C@@H]1Cc2c(O)c3c(c(O)c2[C@@H](O[C@H]2C[C@H]4[C@H](O[C@@H]5COCCN54)[C@H](C)O2)C1)C(=O)c1c(N)cccc1C3=O. The fourth-order valence-electron chi connectivity index (χ4n) is 8.22. The van der Waals surface area contributed by atoms with E-state index in [1.807, 2.05) is 25.1 Å². The molecule has 14 nitrogen and oxygen atoms in total. The molecular weight excluding hydrogens is 735 g/mol. The molecule has 7 atom stereocenters. The summed E-state index contributed by atoms with van der Waals surface area (Å²) in [5, 5.41) is 29.1. The number of ketones is 2. The molecule has 2 aromatic carbocycles. The van der Waals surface area contributed by atoms with Gasteiger partial charge in [0.15, 0.2) is 17.9 Å². The van der Waals surface area contributed by atoms with Gasteiger partial charge >= 0.3 is 0 Å². The predicted molar refractivity (Wildman–Crippen MR) is 200 cm³/mol. The van der Waals surface area contributed by atoms with Crippen molar-refractivity contribution in [1.82, 2.24) is 15.3 Å². The van der Waals surface area contributed by atoms with E-state index in [1.54, 1.807) is 19.2 Å². The van der Waals surface area contributed by atoms with Gasteiger partial charge in [0.2, 0.25) is 5.91 Å². The third-order valence-electron chi connectivity index (χ3n) is 10.8. The fraction of sp³-hybridized carbons (Fsp3) is 0.447. The smallest absolute Gasteiger partial charge is 0.240 e. The molecule has 0 bridgehead atoms. The lowest BCUT2D eigenvalue weighted by Crippen LogP contribution is -2.52. The number of fused-ring (bicyclic) bond motifs is 6. The van der Waals surface area contributed by atoms with Gasteiger partial charge in [-0.15, -0.1) is 0 Å². The Labute approximate surface area is 319 Å². The number of nitrogens with one attached hydrogen (secondary N) is 1. The lowest BCUT2D eigenvalue weighted by Gasteiger charge is -2.41. The summed E-state index contributed by atoms with van der Waals surface area (Å²) in [6.45, 7) is 5.49. The molecule has 3 fully saturated rings. The maximum Gasteiger partial charge on any atom is 0.240 e. The fourth-order valence-corrected chi connectivity index (χ4v) is 10.1. The van der Waals surface area contributed by atoms with Crippen molar-refractivity contribution in [2.75, 3.05) is 31.2 Å². The zero-order valence-corrected chi connectivity index (χ0v) is 31.4. The third-order valence-corrected chi connectivity index (χ3v) is 13.1. The Hall–Kier alpha value is -4.03. The second kappa shape index (κ2) is 15.2. The minimum absolute atomic E-state index is 0.00902. The van der Waals surface area contributed by atoms with E-state index in [0.717, 1.165) is 5.03 Å². The van der Waals surface area contributed by atoms with Crippen LogP contribution in [-0.4, -0.2) is 99.6 Å². The molecule has 1 amide bonds. The summed E-state index contributed by atoms with van der Waals surface area (Å²) in [6, 6.07) is 10.2. The van der Waals surface area contributed by atoms with Crippen molar-refractivity contribution in [1.29, 1.82) is 0 Å². The van der Waals surface area contributed by atoms with Crippen LogP contribution in [0.15, 0.2) is 52.7 Å². The van der Waals surface area contributed by atoms with E-state index < -0.39 is 35.5 Å². The third kappa shape index (κ3) is 6.78. The first kappa shape index (κ1) is 36.9. The Morgan fingerprint density at radius 1 is 1.09 bits per heavy atom. The van der Waals surface area contributed by atoms with Crippen molar-refractivity contribution in [3.63, 3.8) is 0 Å². The van der Waals surface area contributed by atoms with Gasteiger partial charge in [-0.1, -0.05) is 29.0 Å². The molecule has 3 saturated heterocycles. The molecule has 3 aromatic rings. The highest BCUT2D eigenvalue weighted by Gasteiger charge is 2.51. The van der Waals surface area contributed by atoms with Gasteiger partial charge in [0.1, 0.15) is 28.9 Å². The molecule has 4 heterocycles. The van der Waals surface area contributed by atoms with Gasteiger partial charge in [-0.05, 0) is 55.7 Å². The lowest BCUT2D eigenvalue weighted by atomic mass is 9.73. The number of pyridine rings is 1. The summed E-state index contributed by atoms with van der Waals surface area (Å²) in [5.74, 6) is -2.20. The molecule has 16 heteroatoms. The number of anilines is 1. The summed E-state index contributed by atoms with van der Waals surface area (Å²) in [6.07, 6.45) is 0.585. The van der Waals surface area contributed by atoms with Crippen molar-refractivity contribution < 1.29 is 43.5 Å². The van der Waals surface area contributed by atoms with E-state index in [1.165, 1.54) is 33.7 Å². The molecule has 5 N–H and O–H groups in total. The Bertz CT molecular complexity index is 2010. The number of benzene rings is 2. The molecule has 1 aromatic heterocycles. The first-order valence-corrected chi connectivity index (χ1v) is 20.3. The molecule has 284 valence electrons. The van der Waals surface area contributed by atoms with Crippen LogP contribution in [0, 0.1) is 5.92 Å². The number of ether oxygens (including phenoxy) is 4. The van der Waals surface area contributed by atoms with Crippen molar-refractivity contribution in [2.45, 2.75) is 81.4 Å². The van der Waals surface area contributed by atoms with E-state index >= 15 is 0 Å². The molecule has 5 aliphatic rings. The molecule has 0 spiro atoms. The monoisotopic (exact) mass is 775 g/mol. The number of amides is 1. The van der Waals surface area contributed by atoms with Gasteiger partial charge in [0, 0.05) is 71.4 Å². The summed E-state index contributed by atoms with van der Waals surface area (Å²) in [5.41, 5.74) is 9.42. The van der Waals surface area contributed by atoms with Gasteiger partial charge in [-0.25, -0.2) is 10.4 Å². The topological polar surface area (TPSA) is 195 Å². The molecule has 0 saturated carbocycles. The number of aromatic nitrogens is 1. The second-order valence-corrected chi connectivity index (χ2v) is 16.5. The van der Waals surface area contributed by atoms with Gasteiger partial charge in [0.05, 0.1) is 42.1 Å².